The first-order chi connectivity index (χ1) is 10.7. The number of nitrogens with zero attached hydrogens (tertiary/aromatic N) is 2. The predicted molar refractivity (Wildman–Crippen MR) is 88.6 cm³/mol. The van der Waals surface area contributed by atoms with E-state index in [1.54, 1.807) is 6.92 Å². The molecule has 0 aliphatic carbocycles. The highest BCUT2D eigenvalue weighted by Crippen LogP contribution is 2.20. The third kappa shape index (κ3) is 3.87. The first-order valence-corrected chi connectivity index (χ1v) is 8.38. The fourth-order valence-electron chi connectivity index (χ4n) is 3.41. The van der Waals surface area contributed by atoms with Crippen LogP contribution in [0.15, 0.2) is 24.3 Å². The van der Waals surface area contributed by atoms with Gasteiger partial charge in [0.1, 0.15) is 0 Å². The van der Waals surface area contributed by atoms with Crippen LogP contribution >= 0.6 is 0 Å². The highest BCUT2D eigenvalue weighted by molar-refractivity contribution is 5.94. The average Bonchev–Trinajstić information content (AvgIpc) is 2.57. The first-order valence-electron chi connectivity index (χ1n) is 8.38. The fourth-order valence-corrected chi connectivity index (χ4v) is 3.41. The molecule has 22 heavy (non-hydrogen) atoms. The second-order valence-electron chi connectivity index (χ2n) is 6.47. The van der Waals surface area contributed by atoms with Crippen molar-refractivity contribution >= 4 is 11.5 Å². The number of benzene rings is 1. The van der Waals surface area contributed by atoms with Crippen molar-refractivity contribution in [3.63, 3.8) is 0 Å². The average molecular weight is 302 g/mol. The summed E-state index contributed by atoms with van der Waals surface area (Å²) in [5, 5.41) is 0. The zero-order chi connectivity index (χ0) is 15.4. The van der Waals surface area contributed by atoms with Crippen molar-refractivity contribution in [3.05, 3.63) is 29.8 Å². The van der Waals surface area contributed by atoms with Crippen LogP contribution in [0.4, 0.5) is 5.69 Å². The number of Topliss-reactive ketones (excluding diaryl/α,β-unsaturated/α-hetero) is 1. The van der Waals surface area contributed by atoms with Gasteiger partial charge in [0, 0.05) is 50.6 Å². The molecule has 0 aromatic heterocycles. The Balaban J connectivity index is 1.49. The van der Waals surface area contributed by atoms with Crippen LogP contribution in [0.5, 0.6) is 0 Å². The van der Waals surface area contributed by atoms with Gasteiger partial charge in [0.05, 0.1) is 6.61 Å². The van der Waals surface area contributed by atoms with E-state index in [0.29, 0.717) is 0 Å². The van der Waals surface area contributed by atoms with Crippen molar-refractivity contribution in [1.29, 1.82) is 0 Å². The summed E-state index contributed by atoms with van der Waals surface area (Å²) in [6.07, 6.45) is 2.53. The Bertz CT molecular complexity index is 486. The van der Waals surface area contributed by atoms with Gasteiger partial charge in [-0.25, -0.2) is 0 Å². The standard InChI is InChI=1S/C18H26N2O2/c1-15(21)17-4-6-18(7-5-17)20-10-8-19(9-11-20)13-16-3-2-12-22-14-16/h4-7,16H,2-3,8-14H2,1H3/t16-/m0/s1. The van der Waals surface area contributed by atoms with Crippen LogP contribution in [0.25, 0.3) is 0 Å². The number of anilines is 1. The summed E-state index contributed by atoms with van der Waals surface area (Å²) in [6.45, 7) is 9.03. The first kappa shape index (κ1) is 15.5. The lowest BCUT2D eigenvalue weighted by Crippen LogP contribution is -2.48. The van der Waals surface area contributed by atoms with E-state index >= 15 is 0 Å². The zero-order valence-corrected chi connectivity index (χ0v) is 13.5. The maximum absolute atomic E-state index is 11.3. The van der Waals surface area contributed by atoms with Crippen LogP contribution < -0.4 is 4.90 Å². The predicted octanol–water partition coefficient (Wildman–Crippen LogP) is 2.44. The maximum Gasteiger partial charge on any atom is 0.159 e. The van der Waals surface area contributed by atoms with Crippen molar-refractivity contribution < 1.29 is 9.53 Å². The largest absolute Gasteiger partial charge is 0.381 e. The molecular weight excluding hydrogens is 276 g/mol. The molecule has 0 saturated carbocycles. The van der Waals surface area contributed by atoms with Crippen LogP contribution in [0.2, 0.25) is 0 Å². The van der Waals surface area contributed by atoms with Crippen molar-refractivity contribution in [2.75, 3.05) is 50.8 Å². The van der Waals surface area contributed by atoms with E-state index in [9.17, 15) is 4.79 Å². The van der Waals surface area contributed by atoms with Crippen LogP contribution in [0.3, 0.4) is 0 Å². The molecule has 0 radical (unpaired) electrons. The molecule has 2 aliphatic heterocycles. The number of ether oxygens (including phenoxy) is 1. The molecule has 4 nitrogen and oxygen atoms in total. The molecule has 0 amide bonds. The van der Waals surface area contributed by atoms with Crippen molar-refractivity contribution in [3.8, 4) is 0 Å². The Morgan fingerprint density at radius 1 is 1.18 bits per heavy atom. The molecule has 4 heteroatoms. The fraction of sp³-hybridized carbons (Fsp3) is 0.611. The molecule has 2 saturated heterocycles. The van der Waals surface area contributed by atoms with Crippen LogP contribution in [0.1, 0.15) is 30.1 Å². The van der Waals surface area contributed by atoms with E-state index < -0.39 is 0 Å². The molecule has 120 valence electrons. The second-order valence-corrected chi connectivity index (χ2v) is 6.47. The number of ketones is 1. The van der Waals surface area contributed by atoms with Crippen LogP contribution in [-0.2, 0) is 4.74 Å². The number of hydrogen-bond donors (Lipinski definition) is 0. The normalized spacial score (nSPS) is 23.5. The molecular formula is C18H26N2O2. The number of piperazine rings is 1. The highest BCUT2D eigenvalue weighted by Gasteiger charge is 2.22. The van der Waals surface area contributed by atoms with Gasteiger partial charge in [-0.2, -0.15) is 0 Å². The van der Waals surface area contributed by atoms with E-state index in [-0.39, 0.29) is 5.78 Å². The molecule has 1 aromatic rings. The highest BCUT2D eigenvalue weighted by atomic mass is 16.5. The summed E-state index contributed by atoms with van der Waals surface area (Å²) >= 11 is 0. The van der Waals surface area contributed by atoms with Gasteiger partial charge in [0.2, 0.25) is 0 Å². The van der Waals surface area contributed by atoms with E-state index in [1.165, 1.54) is 25.1 Å². The number of carbonyl (C=O) groups is 1. The number of carbonyl (C=O) groups excluding carboxylic acids is 1. The molecule has 3 rings (SSSR count). The minimum Gasteiger partial charge on any atom is -0.381 e. The zero-order valence-electron chi connectivity index (χ0n) is 13.5. The van der Waals surface area contributed by atoms with Crippen LogP contribution in [0, 0.1) is 5.92 Å². The summed E-state index contributed by atoms with van der Waals surface area (Å²) in [6, 6.07) is 8.01. The molecule has 2 aliphatic rings. The molecule has 0 N–H and O–H groups in total. The Labute approximate surface area is 133 Å². The summed E-state index contributed by atoms with van der Waals surface area (Å²) in [4.78, 5) is 16.3. The van der Waals surface area contributed by atoms with Gasteiger partial charge >= 0.3 is 0 Å². The lowest BCUT2D eigenvalue weighted by atomic mass is 10.0. The van der Waals surface area contributed by atoms with Gasteiger partial charge < -0.3 is 9.64 Å². The van der Waals surface area contributed by atoms with Gasteiger partial charge in [-0.3, -0.25) is 9.69 Å². The lowest BCUT2D eigenvalue weighted by molar-refractivity contribution is 0.0377. The van der Waals surface area contributed by atoms with Gasteiger partial charge in [0.15, 0.2) is 5.78 Å². The monoisotopic (exact) mass is 302 g/mol. The molecule has 1 aromatic carbocycles. The van der Waals surface area contributed by atoms with Gasteiger partial charge in [-0.1, -0.05) is 0 Å². The Morgan fingerprint density at radius 3 is 2.50 bits per heavy atom. The SMILES string of the molecule is CC(=O)c1ccc(N2CCN(C[C@@H]3CCCOC3)CC2)cc1. The number of rotatable bonds is 4. The third-order valence-electron chi connectivity index (χ3n) is 4.78. The third-order valence-corrected chi connectivity index (χ3v) is 4.78. The van der Waals surface area contributed by atoms with Crippen molar-refractivity contribution in [2.24, 2.45) is 5.92 Å². The Kier molecular flexibility index (Phi) is 5.11. The Morgan fingerprint density at radius 2 is 1.91 bits per heavy atom. The van der Waals surface area contributed by atoms with E-state index in [1.807, 2.05) is 12.1 Å². The van der Waals surface area contributed by atoms with Crippen molar-refractivity contribution in [2.45, 2.75) is 19.8 Å². The molecule has 0 bridgehead atoms. The van der Waals surface area contributed by atoms with Gasteiger partial charge in [-0.15, -0.1) is 0 Å². The van der Waals surface area contributed by atoms with Crippen LogP contribution in [-0.4, -0.2) is 56.6 Å². The van der Waals surface area contributed by atoms with Crippen molar-refractivity contribution in [1.82, 2.24) is 4.90 Å². The maximum atomic E-state index is 11.3. The summed E-state index contributed by atoms with van der Waals surface area (Å²) in [5.74, 6) is 0.848. The second kappa shape index (κ2) is 7.25. The number of hydrogen-bond acceptors (Lipinski definition) is 4. The minimum atomic E-state index is 0.131. The molecule has 1 atom stereocenters. The molecule has 0 spiro atoms. The summed E-state index contributed by atoms with van der Waals surface area (Å²) in [5.41, 5.74) is 2.02. The summed E-state index contributed by atoms with van der Waals surface area (Å²) < 4.78 is 5.58. The van der Waals surface area contributed by atoms with E-state index in [0.717, 1.165) is 50.9 Å². The smallest absolute Gasteiger partial charge is 0.159 e. The van der Waals surface area contributed by atoms with E-state index in [2.05, 4.69) is 21.9 Å². The molecule has 2 fully saturated rings. The quantitative estimate of drug-likeness (QED) is 0.800. The topological polar surface area (TPSA) is 32.8 Å². The molecule has 2 heterocycles. The molecule has 0 unspecified atom stereocenters. The van der Waals surface area contributed by atoms with Gasteiger partial charge in [-0.05, 0) is 49.9 Å². The lowest BCUT2D eigenvalue weighted by Gasteiger charge is -2.38. The Hall–Kier alpha value is -1.39. The minimum absolute atomic E-state index is 0.131. The van der Waals surface area contributed by atoms with E-state index in [4.69, 9.17) is 4.74 Å². The summed E-state index contributed by atoms with van der Waals surface area (Å²) in [7, 11) is 0. The van der Waals surface area contributed by atoms with Gasteiger partial charge in [0.25, 0.3) is 0 Å².